The van der Waals surface area contributed by atoms with Gasteiger partial charge in [-0.1, -0.05) is 24.3 Å². The zero-order valence-corrected chi connectivity index (χ0v) is 13.5. The van der Waals surface area contributed by atoms with Crippen LogP contribution in [0.2, 0.25) is 0 Å². The number of benzene rings is 2. The number of anilines is 2. The van der Waals surface area contributed by atoms with Crippen LogP contribution in [0.5, 0.6) is 0 Å². The topological polar surface area (TPSA) is 32.3 Å². The molecule has 3 rings (SSSR count). The molecule has 1 N–H and O–H groups in total. The molecule has 0 radical (unpaired) electrons. The maximum Gasteiger partial charge on any atom is 0.246 e. The van der Waals surface area contributed by atoms with E-state index < -0.39 is 0 Å². The summed E-state index contributed by atoms with van der Waals surface area (Å²) in [5.74, 6) is -0.427. The summed E-state index contributed by atoms with van der Waals surface area (Å²) in [6.07, 6.45) is 2.08. The molecular weight excluding hydrogens is 291 g/mol. The molecule has 1 aliphatic rings. The van der Waals surface area contributed by atoms with Crippen LogP contribution in [-0.2, 0) is 11.2 Å². The van der Waals surface area contributed by atoms with Crippen molar-refractivity contribution in [3.05, 3.63) is 59.4 Å². The fraction of sp³-hybridized carbons (Fsp3) is 0.316. The van der Waals surface area contributed by atoms with Gasteiger partial charge in [0.2, 0.25) is 5.91 Å². The average Bonchev–Trinajstić information content (AvgIpc) is 2.57. The van der Waals surface area contributed by atoms with Crippen LogP contribution < -0.4 is 10.2 Å². The highest BCUT2D eigenvalue weighted by atomic mass is 19.1. The van der Waals surface area contributed by atoms with Gasteiger partial charge in [0.25, 0.3) is 0 Å². The van der Waals surface area contributed by atoms with E-state index in [0.29, 0.717) is 11.3 Å². The standard InChI is InChI=1S/C19H21FN2O/c1-13-9-10-16(12-17(13)20)21-19(23)14(2)22-11-5-7-15-6-3-4-8-18(15)22/h3-4,6,8-10,12,14H,5,7,11H2,1-2H3,(H,21,23)/t14-/m0/s1. The number of nitrogens with one attached hydrogen (secondary N) is 1. The second-order valence-electron chi connectivity index (χ2n) is 6.05. The lowest BCUT2D eigenvalue weighted by atomic mass is 10.00. The number of aryl methyl sites for hydroxylation is 2. The number of amides is 1. The molecule has 0 saturated carbocycles. The van der Waals surface area contributed by atoms with Crippen LogP contribution >= 0.6 is 0 Å². The van der Waals surface area contributed by atoms with E-state index in [4.69, 9.17) is 0 Å². The largest absolute Gasteiger partial charge is 0.360 e. The normalized spacial score (nSPS) is 15.0. The van der Waals surface area contributed by atoms with Crippen LogP contribution in [-0.4, -0.2) is 18.5 Å². The van der Waals surface area contributed by atoms with Gasteiger partial charge in [-0.3, -0.25) is 4.79 Å². The summed E-state index contributed by atoms with van der Waals surface area (Å²) < 4.78 is 13.6. The second-order valence-corrected chi connectivity index (χ2v) is 6.05. The summed E-state index contributed by atoms with van der Waals surface area (Å²) in [7, 11) is 0. The Kier molecular flexibility index (Phi) is 4.33. The Labute approximate surface area is 136 Å². The Morgan fingerprint density at radius 2 is 2.04 bits per heavy atom. The molecule has 0 unspecified atom stereocenters. The fourth-order valence-electron chi connectivity index (χ4n) is 3.02. The van der Waals surface area contributed by atoms with Crippen molar-refractivity contribution >= 4 is 17.3 Å². The van der Waals surface area contributed by atoms with E-state index in [-0.39, 0.29) is 17.8 Å². The van der Waals surface area contributed by atoms with Gasteiger partial charge < -0.3 is 10.2 Å². The highest BCUT2D eigenvalue weighted by Crippen LogP contribution is 2.28. The van der Waals surface area contributed by atoms with E-state index in [2.05, 4.69) is 22.3 Å². The molecule has 1 amide bonds. The van der Waals surface area contributed by atoms with Crippen molar-refractivity contribution in [2.24, 2.45) is 0 Å². The molecular formula is C19H21FN2O. The van der Waals surface area contributed by atoms with Crippen LogP contribution in [0.4, 0.5) is 15.8 Å². The van der Waals surface area contributed by atoms with Crippen molar-refractivity contribution < 1.29 is 9.18 Å². The summed E-state index contributed by atoms with van der Waals surface area (Å²) in [6.45, 7) is 4.45. The maximum absolute atomic E-state index is 13.6. The molecule has 0 fully saturated rings. The van der Waals surface area contributed by atoms with Crippen molar-refractivity contribution in [3.63, 3.8) is 0 Å². The number of halogens is 1. The SMILES string of the molecule is Cc1ccc(NC(=O)[C@H](C)N2CCCc3ccccc32)cc1F. The van der Waals surface area contributed by atoms with E-state index in [1.807, 2.05) is 19.1 Å². The zero-order chi connectivity index (χ0) is 16.4. The molecule has 0 spiro atoms. The number of nitrogens with zero attached hydrogens (tertiary/aromatic N) is 1. The van der Waals surface area contributed by atoms with Gasteiger partial charge >= 0.3 is 0 Å². The molecule has 3 nitrogen and oxygen atoms in total. The van der Waals surface area contributed by atoms with Crippen LogP contribution in [0, 0.1) is 12.7 Å². The molecule has 23 heavy (non-hydrogen) atoms. The molecule has 0 aromatic heterocycles. The first-order chi connectivity index (χ1) is 11.1. The molecule has 0 bridgehead atoms. The Morgan fingerprint density at radius 1 is 1.26 bits per heavy atom. The minimum atomic E-state index is -0.307. The van der Waals surface area contributed by atoms with E-state index in [1.165, 1.54) is 11.6 Å². The van der Waals surface area contributed by atoms with Crippen molar-refractivity contribution in [2.75, 3.05) is 16.8 Å². The number of carbonyl (C=O) groups excluding carboxylic acids is 1. The van der Waals surface area contributed by atoms with Crippen molar-refractivity contribution in [2.45, 2.75) is 32.7 Å². The predicted molar refractivity (Wildman–Crippen MR) is 91.3 cm³/mol. The molecule has 4 heteroatoms. The van der Waals surface area contributed by atoms with Gasteiger partial charge in [-0.2, -0.15) is 0 Å². The molecule has 120 valence electrons. The van der Waals surface area contributed by atoms with Crippen molar-refractivity contribution in [1.29, 1.82) is 0 Å². The van der Waals surface area contributed by atoms with Crippen LogP contribution in [0.25, 0.3) is 0 Å². The highest BCUT2D eigenvalue weighted by molar-refractivity contribution is 5.96. The van der Waals surface area contributed by atoms with Crippen LogP contribution in [0.3, 0.4) is 0 Å². The highest BCUT2D eigenvalue weighted by Gasteiger charge is 2.25. The lowest BCUT2D eigenvalue weighted by Crippen LogP contribution is -2.44. The summed E-state index contributed by atoms with van der Waals surface area (Å²) in [6, 6.07) is 12.7. The molecule has 2 aromatic rings. The molecule has 2 aromatic carbocycles. The predicted octanol–water partition coefficient (Wildman–Crippen LogP) is 3.91. The van der Waals surface area contributed by atoms with Crippen LogP contribution in [0.1, 0.15) is 24.5 Å². The summed E-state index contributed by atoms with van der Waals surface area (Å²) in [4.78, 5) is 14.7. The van der Waals surface area contributed by atoms with Gasteiger partial charge in [-0.15, -0.1) is 0 Å². The van der Waals surface area contributed by atoms with Crippen molar-refractivity contribution in [3.8, 4) is 0 Å². The maximum atomic E-state index is 13.6. The van der Waals surface area contributed by atoms with Gasteiger partial charge in [-0.25, -0.2) is 4.39 Å². The average molecular weight is 312 g/mol. The lowest BCUT2D eigenvalue weighted by molar-refractivity contribution is -0.117. The Balaban J connectivity index is 1.76. The molecule has 1 heterocycles. The number of hydrogen-bond donors (Lipinski definition) is 1. The third-order valence-electron chi connectivity index (χ3n) is 4.43. The third kappa shape index (κ3) is 3.21. The monoisotopic (exact) mass is 312 g/mol. The van der Waals surface area contributed by atoms with Crippen molar-refractivity contribution in [1.82, 2.24) is 0 Å². The summed E-state index contributed by atoms with van der Waals surface area (Å²) in [5.41, 5.74) is 3.47. The number of carbonyl (C=O) groups is 1. The van der Waals surface area contributed by atoms with Gasteiger partial charge in [-0.05, 0) is 56.0 Å². The Hall–Kier alpha value is -2.36. The molecule has 1 atom stereocenters. The molecule has 0 aliphatic carbocycles. The van der Waals surface area contributed by atoms with E-state index in [9.17, 15) is 9.18 Å². The van der Waals surface area contributed by atoms with Crippen LogP contribution in [0.15, 0.2) is 42.5 Å². The third-order valence-corrected chi connectivity index (χ3v) is 4.43. The van der Waals surface area contributed by atoms with Gasteiger partial charge in [0.15, 0.2) is 0 Å². The number of rotatable bonds is 3. The smallest absolute Gasteiger partial charge is 0.246 e. The molecule has 1 aliphatic heterocycles. The quantitative estimate of drug-likeness (QED) is 0.932. The fourth-order valence-corrected chi connectivity index (χ4v) is 3.02. The first kappa shape index (κ1) is 15.5. The van der Waals surface area contributed by atoms with Gasteiger partial charge in [0, 0.05) is 17.9 Å². The van der Waals surface area contributed by atoms with Gasteiger partial charge in [0.05, 0.1) is 0 Å². The Bertz CT molecular complexity index is 729. The first-order valence-corrected chi connectivity index (χ1v) is 7.98. The molecule has 0 saturated heterocycles. The summed E-state index contributed by atoms with van der Waals surface area (Å²) in [5, 5.41) is 2.82. The number of fused-ring (bicyclic) bond motifs is 1. The lowest BCUT2D eigenvalue weighted by Gasteiger charge is -2.35. The number of para-hydroxylation sites is 1. The minimum Gasteiger partial charge on any atom is -0.360 e. The van der Waals surface area contributed by atoms with E-state index in [0.717, 1.165) is 25.1 Å². The summed E-state index contributed by atoms with van der Waals surface area (Å²) >= 11 is 0. The number of hydrogen-bond acceptors (Lipinski definition) is 2. The zero-order valence-electron chi connectivity index (χ0n) is 13.5. The second kappa shape index (κ2) is 6.41. The van der Waals surface area contributed by atoms with E-state index in [1.54, 1.807) is 19.1 Å². The Morgan fingerprint density at radius 3 is 2.83 bits per heavy atom. The van der Waals surface area contributed by atoms with E-state index >= 15 is 0 Å². The van der Waals surface area contributed by atoms with Gasteiger partial charge in [0.1, 0.15) is 11.9 Å². The first-order valence-electron chi connectivity index (χ1n) is 7.98. The minimum absolute atomic E-state index is 0.120.